The Balaban J connectivity index is 1.95. The molecule has 0 aliphatic carbocycles. The minimum absolute atomic E-state index is 0.0102. The number of hydrogen-bond acceptors (Lipinski definition) is 8. The van der Waals surface area contributed by atoms with Crippen molar-refractivity contribution in [1.82, 2.24) is 25.0 Å². The molecule has 1 aromatic rings. The maximum absolute atomic E-state index is 11.9. The second-order valence-corrected chi connectivity index (χ2v) is 8.19. The van der Waals surface area contributed by atoms with Gasteiger partial charge < -0.3 is 20.2 Å². The summed E-state index contributed by atoms with van der Waals surface area (Å²) in [6, 6.07) is 3.59. The van der Waals surface area contributed by atoms with Gasteiger partial charge in [-0.15, -0.1) is 0 Å². The number of carbonyl (C=O) groups excluding carboxylic acids is 1. The van der Waals surface area contributed by atoms with Gasteiger partial charge in [0.2, 0.25) is 5.91 Å². The monoisotopic (exact) mass is 468 g/mol. The molecule has 2 heterocycles. The minimum Gasteiger partial charge on any atom is -0.396 e. The third kappa shape index (κ3) is 7.92. The van der Waals surface area contributed by atoms with Crippen LogP contribution in [0.4, 0.5) is 0 Å². The molecule has 0 atom stereocenters. The maximum atomic E-state index is 11.9. The number of halogens is 1. The van der Waals surface area contributed by atoms with Crippen molar-refractivity contribution in [3.63, 3.8) is 0 Å². The van der Waals surface area contributed by atoms with Crippen molar-refractivity contribution >= 4 is 17.5 Å². The van der Waals surface area contributed by atoms with Gasteiger partial charge in [0.05, 0.1) is 18.1 Å². The van der Waals surface area contributed by atoms with Crippen molar-refractivity contribution in [2.45, 2.75) is 39.2 Å². The van der Waals surface area contributed by atoms with E-state index in [0.717, 1.165) is 18.4 Å². The standard InChI is InChI=1S/C21H33ClN6O4/c1-3-27(14-17-8-9-19(22)24-13-17)21-18(28(31)32)15-26(16-25(21)2)11-5-4-10-23-20(30)7-6-12-29/h8-9,13,29H,3-7,10-12,14-16H2,1-2H3,(H,23,30). The molecule has 1 amide bonds. The number of unbranched alkanes of at least 4 members (excludes halogenated alkanes) is 1. The van der Waals surface area contributed by atoms with Crippen LogP contribution in [0.25, 0.3) is 0 Å². The zero-order chi connectivity index (χ0) is 23.5. The SMILES string of the molecule is CCN(Cc1ccc(Cl)nc1)C1=C([N+](=O)[O-])CN(CCCCNC(=O)CCCO)CN1C. The van der Waals surface area contributed by atoms with E-state index in [9.17, 15) is 14.9 Å². The van der Waals surface area contributed by atoms with Crippen molar-refractivity contribution < 1.29 is 14.8 Å². The smallest absolute Gasteiger partial charge is 0.300 e. The van der Waals surface area contributed by atoms with Gasteiger partial charge in [-0.2, -0.15) is 0 Å². The van der Waals surface area contributed by atoms with Gasteiger partial charge in [-0.25, -0.2) is 4.98 Å². The van der Waals surface area contributed by atoms with Crippen LogP contribution in [0.1, 0.15) is 38.2 Å². The van der Waals surface area contributed by atoms with Crippen LogP contribution in [-0.2, 0) is 11.3 Å². The summed E-state index contributed by atoms with van der Waals surface area (Å²) in [6.45, 7) is 5.24. The Kier molecular flexibility index (Phi) is 10.6. The molecule has 1 aromatic heterocycles. The van der Waals surface area contributed by atoms with Crippen molar-refractivity contribution in [1.29, 1.82) is 0 Å². The minimum atomic E-state index is -0.290. The predicted molar refractivity (Wildman–Crippen MR) is 122 cm³/mol. The number of nitrogens with one attached hydrogen (secondary N) is 1. The van der Waals surface area contributed by atoms with Crippen LogP contribution in [0, 0.1) is 10.1 Å². The quantitative estimate of drug-likeness (QED) is 0.195. The fourth-order valence-corrected chi connectivity index (χ4v) is 3.82. The number of aromatic nitrogens is 1. The molecular formula is C21H33ClN6O4. The number of pyridine rings is 1. The van der Waals surface area contributed by atoms with E-state index in [2.05, 4.69) is 10.3 Å². The number of amides is 1. The first-order valence-electron chi connectivity index (χ1n) is 10.9. The molecule has 1 aliphatic heterocycles. The van der Waals surface area contributed by atoms with E-state index >= 15 is 0 Å². The van der Waals surface area contributed by atoms with Crippen molar-refractivity contribution in [2.75, 3.05) is 46.5 Å². The van der Waals surface area contributed by atoms with Gasteiger partial charge in [0.15, 0.2) is 5.82 Å². The number of nitrogens with zero attached hydrogens (tertiary/aromatic N) is 5. The summed E-state index contributed by atoms with van der Waals surface area (Å²) in [7, 11) is 1.87. The number of aliphatic hydroxyl groups is 1. The first kappa shape index (κ1) is 25.8. The normalized spacial score (nSPS) is 14.6. The molecule has 1 aliphatic rings. The molecule has 11 heteroatoms. The molecule has 0 fully saturated rings. The van der Waals surface area contributed by atoms with Crippen molar-refractivity contribution in [2.24, 2.45) is 0 Å². The van der Waals surface area contributed by atoms with Gasteiger partial charge in [0, 0.05) is 52.5 Å². The molecule has 0 bridgehead atoms. The first-order chi connectivity index (χ1) is 15.3. The van der Waals surface area contributed by atoms with Crippen LogP contribution in [0.2, 0.25) is 5.15 Å². The highest BCUT2D eigenvalue weighted by molar-refractivity contribution is 6.29. The highest BCUT2D eigenvalue weighted by Crippen LogP contribution is 2.24. The molecule has 2 N–H and O–H groups in total. The lowest BCUT2D eigenvalue weighted by molar-refractivity contribution is -0.433. The Morgan fingerprint density at radius 1 is 1.38 bits per heavy atom. The predicted octanol–water partition coefficient (Wildman–Crippen LogP) is 1.88. The van der Waals surface area contributed by atoms with Crippen molar-refractivity contribution in [3.05, 3.63) is 50.7 Å². The maximum Gasteiger partial charge on any atom is 0.300 e. The molecule has 32 heavy (non-hydrogen) atoms. The Morgan fingerprint density at radius 3 is 2.78 bits per heavy atom. The third-order valence-corrected chi connectivity index (χ3v) is 5.48. The number of carbonyl (C=O) groups is 1. The summed E-state index contributed by atoms with van der Waals surface area (Å²) >= 11 is 5.86. The Labute approximate surface area is 194 Å². The van der Waals surface area contributed by atoms with E-state index in [-0.39, 0.29) is 29.7 Å². The molecule has 10 nitrogen and oxygen atoms in total. The van der Waals surface area contributed by atoms with E-state index in [1.54, 1.807) is 12.3 Å². The van der Waals surface area contributed by atoms with Crippen molar-refractivity contribution in [3.8, 4) is 0 Å². The average molecular weight is 469 g/mol. The van der Waals surface area contributed by atoms with Gasteiger partial charge in [-0.3, -0.25) is 19.8 Å². The van der Waals surface area contributed by atoms with E-state index in [0.29, 0.717) is 56.7 Å². The Hall–Kier alpha value is -2.43. The topological polar surface area (TPSA) is 115 Å². The van der Waals surface area contributed by atoms with Crippen LogP contribution in [0.15, 0.2) is 29.8 Å². The zero-order valence-electron chi connectivity index (χ0n) is 18.8. The summed E-state index contributed by atoms with van der Waals surface area (Å²) in [5.74, 6) is 0.565. The zero-order valence-corrected chi connectivity index (χ0v) is 19.6. The molecule has 0 saturated carbocycles. The summed E-state index contributed by atoms with van der Waals surface area (Å²) in [6.07, 6.45) is 4.10. The Bertz CT molecular complexity index is 789. The van der Waals surface area contributed by atoms with Crippen LogP contribution in [0.3, 0.4) is 0 Å². The van der Waals surface area contributed by atoms with Gasteiger partial charge in [0.1, 0.15) is 5.15 Å². The van der Waals surface area contributed by atoms with Gasteiger partial charge in [-0.05, 0) is 37.8 Å². The van der Waals surface area contributed by atoms with Gasteiger partial charge in [-0.1, -0.05) is 17.7 Å². The van der Waals surface area contributed by atoms with Gasteiger partial charge in [0.25, 0.3) is 5.70 Å². The van der Waals surface area contributed by atoms with E-state index in [4.69, 9.17) is 16.7 Å². The fourth-order valence-electron chi connectivity index (χ4n) is 3.71. The Morgan fingerprint density at radius 2 is 2.16 bits per heavy atom. The molecule has 0 aromatic carbocycles. The van der Waals surface area contributed by atoms with Crippen LogP contribution < -0.4 is 5.32 Å². The molecule has 0 unspecified atom stereocenters. The largest absolute Gasteiger partial charge is 0.396 e. The number of nitro groups is 1. The van der Waals surface area contributed by atoms with Crippen LogP contribution >= 0.6 is 11.6 Å². The lowest BCUT2D eigenvalue weighted by atomic mass is 10.2. The molecule has 0 saturated heterocycles. The highest BCUT2D eigenvalue weighted by Gasteiger charge is 2.33. The van der Waals surface area contributed by atoms with E-state index in [1.807, 2.05) is 34.7 Å². The molecular weight excluding hydrogens is 436 g/mol. The summed E-state index contributed by atoms with van der Waals surface area (Å²) in [5.41, 5.74) is 1.11. The lowest BCUT2D eigenvalue weighted by Crippen LogP contribution is -2.48. The number of rotatable bonds is 13. The number of aliphatic hydroxyl groups excluding tert-OH is 1. The van der Waals surface area contributed by atoms with Gasteiger partial charge >= 0.3 is 0 Å². The second kappa shape index (κ2) is 13.2. The molecule has 2 rings (SSSR count). The molecule has 0 radical (unpaired) electrons. The summed E-state index contributed by atoms with van der Waals surface area (Å²) < 4.78 is 0. The number of hydrogen-bond donors (Lipinski definition) is 2. The van der Waals surface area contributed by atoms with E-state index < -0.39 is 0 Å². The fraction of sp³-hybridized carbons (Fsp3) is 0.619. The third-order valence-electron chi connectivity index (χ3n) is 5.25. The average Bonchev–Trinajstić information content (AvgIpc) is 2.77. The lowest BCUT2D eigenvalue weighted by Gasteiger charge is -2.39. The summed E-state index contributed by atoms with van der Waals surface area (Å²) in [4.78, 5) is 33.2. The van der Waals surface area contributed by atoms with Crippen LogP contribution in [0.5, 0.6) is 0 Å². The second-order valence-electron chi connectivity index (χ2n) is 7.81. The first-order valence-corrected chi connectivity index (χ1v) is 11.3. The van der Waals surface area contributed by atoms with E-state index in [1.165, 1.54) is 0 Å². The highest BCUT2D eigenvalue weighted by atomic mass is 35.5. The molecule has 178 valence electrons. The molecule has 0 spiro atoms. The van der Waals surface area contributed by atoms with Crippen LogP contribution in [-0.4, -0.2) is 82.1 Å². The summed E-state index contributed by atoms with van der Waals surface area (Å²) in [5, 5.41) is 23.9.